The van der Waals surface area contributed by atoms with Crippen LogP contribution in [-0.4, -0.2) is 52.5 Å². The van der Waals surface area contributed by atoms with Gasteiger partial charge in [0.25, 0.3) is 0 Å². The van der Waals surface area contributed by atoms with Gasteiger partial charge < -0.3 is 15.1 Å². The van der Waals surface area contributed by atoms with E-state index in [1.54, 1.807) is 19.1 Å². The summed E-state index contributed by atoms with van der Waals surface area (Å²) in [5.74, 6) is -2.73. The fourth-order valence-electron chi connectivity index (χ4n) is 3.12. The number of anilines is 2. The van der Waals surface area contributed by atoms with E-state index in [2.05, 4.69) is 15.1 Å². The average molecular weight is 423 g/mol. The lowest BCUT2D eigenvalue weighted by Gasteiger charge is -2.34. The lowest BCUT2D eigenvalue weighted by Crippen LogP contribution is -2.44. The van der Waals surface area contributed by atoms with E-state index in [9.17, 15) is 22.0 Å². The van der Waals surface area contributed by atoms with Crippen LogP contribution in [0.2, 0.25) is 0 Å². The van der Waals surface area contributed by atoms with E-state index in [1.165, 1.54) is 6.07 Å². The zero-order valence-corrected chi connectivity index (χ0v) is 17.1. The molecule has 0 unspecified atom stereocenters. The third-order valence-corrected chi connectivity index (χ3v) is 6.73. The number of halogens is 2. The molecule has 9 heteroatoms. The summed E-state index contributed by atoms with van der Waals surface area (Å²) in [7, 11) is -2.14. The van der Waals surface area contributed by atoms with Gasteiger partial charge in [-0.1, -0.05) is 6.92 Å². The summed E-state index contributed by atoms with van der Waals surface area (Å²) in [4.78, 5) is 15.7. The molecular weight excluding hydrogens is 400 g/mol. The topological polar surface area (TPSA) is 69.7 Å². The zero-order chi connectivity index (χ0) is 21.2. The molecule has 0 aromatic heterocycles. The molecule has 29 heavy (non-hydrogen) atoms. The number of likely N-dealkylation sites (N-methyl/N-ethyl adjacent to an activating group) is 1. The van der Waals surface area contributed by atoms with Crippen molar-refractivity contribution in [3.05, 3.63) is 48.0 Å². The van der Waals surface area contributed by atoms with Gasteiger partial charge in [-0.15, -0.1) is 0 Å². The van der Waals surface area contributed by atoms with E-state index < -0.39 is 21.5 Å². The molecule has 0 saturated carbocycles. The molecule has 156 valence electrons. The molecule has 1 N–H and O–H groups in total. The highest BCUT2D eigenvalue weighted by Gasteiger charge is 2.25. The minimum Gasteiger partial charge on any atom is -0.369 e. The van der Waals surface area contributed by atoms with Crippen LogP contribution in [0.15, 0.2) is 46.2 Å². The normalized spacial score (nSPS) is 15.4. The number of nitrogens with one attached hydrogen (secondary N) is 1. The number of hydrogen-bond acceptors (Lipinski definition) is 5. The van der Waals surface area contributed by atoms with Gasteiger partial charge in [0.2, 0.25) is 15.7 Å². The number of rotatable bonds is 5. The van der Waals surface area contributed by atoms with Crippen LogP contribution in [0.3, 0.4) is 0 Å². The highest BCUT2D eigenvalue weighted by atomic mass is 32.2. The van der Waals surface area contributed by atoms with Gasteiger partial charge in [-0.2, -0.15) is 0 Å². The van der Waals surface area contributed by atoms with Crippen molar-refractivity contribution in [3.8, 4) is 0 Å². The fourth-order valence-corrected chi connectivity index (χ4v) is 4.53. The molecule has 1 fully saturated rings. The quantitative estimate of drug-likeness (QED) is 0.749. The SMILES string of the molecule is CCC(=O)Nc1cc(N2CCN(C)CC2)ccc1S(=O)(=O)c1ccc(F)c(F)c1. The van der Waals surface area contributed by atoms with Gasteiger partial charge in [0.1, 0.15) is 0 Å². The maximum atomic E-state index is 13.6. The van der Waals surface area contributed by atoms with Crippen LogP contribution in [0.4, 0.5) is 20.2 Å². The summed E-state index contributed by atoms with van der Waals surface area (Å²) in [6.45, 7) is 4.93. The molecule has 2 aromatic rings. The van der Waals surface area contributed by atoms with Gasteiger partial charge in [0, 0.05) is 38.3 Å². The molecule has 0 radical (unpaired) electrons. The minimum absolute atomic E-state index is 0.123. The van der Waals surface area contributed by atoms with E-state index in [-0.39, 0.29) is 27.8 Å². The summed E-state index contributed by atoms with van der Waals surface area (Å²) in [5.41, 5.74) is 0.909. The van der Waals surface area contributed by atoms with Crippen molar-refractivity contribution >= 4 is 27.1 Å². The molecular formula is C20H23F2N3O3S. The number of sulfone groups is 1. The van der Waals surface area contributed by atoms with Gasteiger partial charge in [-0.25, -0.2) is 17.2 Å². The Morgan fingerprint density at radius 1 is 1.03 bits per heavy atom. The van der Waals surface area contributed by atoms with Crippen LogP contribution >= 0.6 is 0 Å². The Morgan fingerprint density at radius 3 is 2.34 bits per heavy atom. The first kappa shape index (κ1) is 21.2. The van der Waals surface area contributed by atoms with Crippen molar-refractivity contribution in [3.63, 3.8) is 0 Å². The fraction of sp³-hybridized carbons (Fsp3) is 0.350. The standard InChI is InChI=1S/C20H23F2N3O3S/c1-3-20(26)23-18-12-14(25-10-8-24(2)9-11-25)4-7-19(18)29(27,28)15-5-6-16(21)17(22)13-15/h4-7,12-13H,3,8-11H2,1-2H3,(H,23,26). The molecule has 2 aromatic carbocycles. The first-order valence-electron chi connectivity index (χ1n) is 9.30. The molecule has 0 aliphatic carbocycles. The number of piperazine rings is 1. The second-order valence-electron chi connectivity index (χ2n) is 6.95. The van der Waals surface area contributed by atoms with Gasteiger partial charge in [0.15, 0.2) is 11.6 Å². The first-order valence-corrected chi connectivity index (χ1v) is 10.8. The van der Waals surface area contributed by atoms with E-state index in [0.29, 0.717) is 6.07 Å². The Labute approximate surface area is 169 Å². The number of hydrogen-bond donors (Lipinski definition) is 1. The van der Waals surface area contributed by atoms with Gasteiger partial charge in [0.05, 0.1) is 15.5 Å². The van der Waals surface area contributed by atoms with Gasteiger partial charge >= 0.3 is 0 Å². The summed E-state index contributed by atoms with van der Waals surface area (Å²) in [5, 5.41) is 2.63. The number of amides is 1. The third kappa shape index (κ3) is 4.56. The zero-order valence-electron chi connectivity index (χ0n) is 16.3. The second kappa shape index (κ2) is 8.46. The highest BCUT2D eigenvalue weighted by molar-refractivity contribution is 7.91. The predicted octanol–water partition coefficient (Wildman–Crippen LogP) is 2.90. The maximum absolute atomic E-state index is 13.6. The Kier molecular flexibility index (Phi) is 6.18. The summed E-state index contributed by atoms with van der Waals surface area (Å²) in [6.07, 6.45) is 0.170. The molecule has 1 saturated heterocycles. The smallest absolute Gasteiger partial charge is 0.224 e. The molecule has 0 bridgehead atoms. The number of carbonyl (C=O) groups excluding carboxylic acids is 1. The summed E-state index contributed by atoms with van der Waals surface area (Å²) < 4.78 is 53.0. The van der Waals surface area contributed by atoms with Crippen LogP contribution in [0.25, 0.3) is 0 Å². The van der Waals surface area contributed by atoms with E-state index in [0.717, 1.165) is 44.0 Å². The summed E-state index contributed by atoms with van der Waals surface area (Å²) >= 11 is 0. The molecule has 6 nitrogen and oxygen atoms in total. The maximum Gasteiger partial charge on any atom is 0.224 e. The molecule has 0 spiro atoms. The second-order valence-corrected chi connectivity index (χ2v) is 8.87. The number of carbonyl (C=O) groups is 1. The lowest BCUT2D eigenvalue weighted by molar-refractivity contribution is -0.115. The van der Waals surface area contributed by atoms with Crippen molar-refractivity contribution in [1.29, 1.82) is 0 Å². The Morgan fingerprint density at radius 2 is 1.72 bits per heavy atom. The lowest BCUT2D eigenvalue weighted by atomic mass is 10.2. The Bertz CT molecular complexity index is 1020. The van der Waals surface area contributed by atoms with Crippen molar-refractivity contribution < 1.29 is 22.0 Å². The first-order chi connectivity index (χ1) is 13.7. The van der Waals surface area contributed by atoms with Crippen LogP contribution in [0, 0.1) is 11.6 Å². The molecule has 1 aliphatic rings. The van der Waals surface area contributed by atoms with E-state index in [1.807, 2.05) is 7.05 Å². The van der Waals surface area contributed by atoms with Crippen LogP contribution in [0.5, 0.6) is 0 Å². The molecule has 1 amide bonds. The monoisotopic (exact) mass is 423 g/mol. The molecule has 3 rings (SSSR count). The van der Waals surface area contributed by atoms with Crippen molar-refractivity contribution in [2.24, 2.45) is 0 Å². The molecule has 1 aliphatic heterocycles. The summed E-state index contributed by atoms with van der Waals surface area (Å²) in [6, 6.07) is 7.10. The van der Waals surface area contributed by atoms with Gasteiger partial charge in [-0.05, 0) is 43.4 Å². The van der Waals surface area contributed by atoms with Crippen molar-refractivity contribution in [1.82, 2.24) is 4.90 Å². The van der Waals surface area contributed by atoms with Crippen LogP contribution in [-0.2, 0) is 14.6 Å². The number of nitrogens with zero attached hydrogens (tertiary/aromatic N) is 2. The van der Waals surface area contributed by atoms with Crippen LogP contribution < -0.4 is 10.2 Å². The third-order valence-electron chi connectivity index (χ3n) is 4.92. The number of benzene rings is 2. The van der Waals surface area contributed by atoms with Crippen LogP contribution in [0.1, 0.15) is 13.3 Å². The molecule has 0 atom stereocenters. The molecule has 1 heterocycles. The Balaban J connectivity index is 2.04. The van der Waals surface area contributed by atoms with E-state index in [4.69, 9.17) is 0 Å². The minimum atomic E-state index is -4.17. The average Bonchev–Trinajstić information content (AvgIpc) is 2.70. The van der Waals surface area contributed by atoms with Crippen molar-refractivity contribution in [2.45, 2.75) is 23.1 Å². The largest absolute Gasteiger partial charge is 0.369 e. The van der Waals surface area contributed by atoms with Crippen molar-refractivity contribution in [2.75, 3.05) is 43.4 Å². The Hall–Kier alpha value is -2.52. The van der Waals surface area contributed by atoms with Gasteiger partial charge in [-0.3, -0.25) is 4.79 Å². The van der Waals surface area contributed by atoms with E-state index >= 15 is 0 Å². The highest BCUT2D eigenvalue weighted by Crippen LogP contribution is 2.32. The predicted molar refractivity (Wildman–Crippen MR) is 107 cm³/mol.